The van der Waals surface area contributed by atoms with Gasteiger partial charge in [0.25, 0.3) is 0 Å². The Kier molecular flexibility index (Phi) is 6.53. The first-order chi connectivity index (χ1) is 7.43. The Morgan fingerprint density at radius 2 is 1.44 bits per heavy atom. The first kappa shape index (κ1) is 14.7. The zero-order valence-electron chi connectivity index (χ0n) is 11.3. The summed E-state index contributed by atoms with van der Waals surface area (Å²) < 4.78 is 0. The van der Waals surface area contributed by atoms with Crippen molar-refractivity contribution in [2.75, 3.05) is 47.8 Å². The Hall–Kier alpha value is -1.26. The monoisotopic (exact) mass is 228 g/mol. The molecule has 0 bridgehead atoms. The normalized spacial score (nSPS) is 9.62. The van der Waals surface area contributed by atoms with Crippen LogP contribution in [0.5, 0.6) is 0 Å². The molecule has 0 N–H and O–H groups in total. The number of carbonyl (C=O) groups is 1. The fourth-order valence-electron chi connectivity index (χ4n) is 1.50. The highest BCUT2D eigenvalue weighted by atomic mass is 16.2. The van der Waals surface area contributed by atoms with Gasteiger partial charge in [0.05, 0.1) is 0 Å². The highest BCUT2D eigenvalue weighted by molar-refractivity contribution is 5.84. The SMILES string of the molecule is CCN(CC)C(=O)CN=C(N(C)C)N(C)C. The van der Waals surface area contributed by atoms with Gasteiger partial charge in [0.1, 0.15) is 6.54 Å². The Balaban J connectivity index is 4.48. The van der Waals surface area contributed by atoms with Gasteiger partial charge in [0.15, 0.2) is 5.96 Å². The van der Waals surface area contributed by atoms with Crippen LogP contribution in [0.1, 0.15) is 13.8 Å². The Morgan fingerprint density at radius 3 is 1.75 bits per heavy atom. The van der Waals surface area contributed by atoms with E-state index in [0.717, 1.165) is 19.0 Å². The largest absolute Gasteiger partial charge is 0.349 e. The average molecular weight is 228 g/mol. The van der Waals surface area contributed by atoms with Crippen LogP contribution in [-0.4, -0.2) is 74.4 Å². The van der Waals surface area contributed by atoms with E-state index in [4.69, 9.17) is 0 Å². The van der Waals surface area contributed by atoms with Gasteiger partial charge in [-0.2, -0.15) is 0 Å². The van der Waals surface area contributed by atoms with Gasteiger partial charge >= 0.3 is 0 Å². The van der Waals surface area contributed by atoms with Crippen molar-refractivity contribution in [3.8, 4) is 0 Å². The maximum atomic E-state index is 11.7. The summed E-state index contributed by atoms with van der Waals surface area (Å²) in [5.74, 6) is 0.881. The lowest BCUT2D eigenvalue weighted by Crippen LogP contribution is -2.37. The van der Waals surface area contributed by atoms with E-state index in [1.165, 1.54) is 0 Å². The summed E-state index contributed by atoms with van der Waals surface area (Å²) in [4.78, 5) is 21.6. The summed E-state index contributed by atoms with van der Waals surface area (Å²) in [5.41, 5.74) is 0. The van der Waals surface area contributed by atoms with Gasteiger partial charge in [-0.1, -0.05) is 0 Å². The van der Waals surface area contributed by atoms with Crippen molar-refractivity contribution in [1.82, 2.24) is 14.7 Å². The van der Waals surface area contributed by atoms with Crippen LogP contribution >= 0.6 is 0 Å². The third-order valence-corrected chi connectivity index (χ3v) is 2.27. The number of hydrogen-bond acceptors (Lipinski definition) is 2. The summed E-state index contributed by atoms with van der Waals surface area (Å²) in [6.07, 6.45) is 0. The lowest BCUT2D eigenvalue weighted by atomic mass is 10.4. The maximum absolute atomic E-state index is 11.7. The number of amides is 1. The van der Waals surface area contributed by atoms with E-state index in [0.29, 0.717) is 0 Å². The number of guanidine groups is 1. The van der Waals surface area contributed by atoms with E-state index in [1.807, 2.05) is 51.8 Å². The maximum Gasteiger partial charge on any atom is 0.244 e. The first-order valence-corrected chi connectivity index (χ1v) is 5.60. The van der Waals surface area contributed by atoms with Crippen molar-refractivity contribution < 1.29 is 4.79 Å². The molecule has 0 saturated heterocycles. The summed E-state index contributed by atoms with van der Waals surface area (Å²) in [6, 6.07) is 0. The molecule has 94 valence electrons. The van der Waals surface area contributed by atoms with Gasteiger partial charge in [-0.25, -0.2) is 4.99 Å². The van der Waals surface area contributed by atoms with Crippen molar-refractivity contribution in [1.29, 1.82) is 0 Å². The van der Waals surface area contributed by atoms with Gasteiger partial charge in [0.2, 0.25) is 5.91 Å². The number of hydrogen-bond donors (Lipinski definition) is 0. The molecule has 0 rings (SSSR count). The van der Waals surface area contributed by atoms with E-state index in [9.17, 15) is 4.79 Å². The minimum atomic E-state index is 0.0752. The first-order valence-electron chi connectivity index (χ1n) is 5.60. The van der Waals surface area contributed by atoms with Gasteiger partial charge in [0, 0.05) is 41.3 Å². The Morgan fingerprint density at radius 1 is 1.00 bits per heavy atom. The second-order valence-electron chi connectivity index (χ2n) is 3.97. The van der Waals surface area contributed by atoms with E-state index in [-0.39, 0.29) is 12.5 Å². The molecule has 0 fully saturated rings. The summed E-state index contributed by atoms with van der Waals surface area (Å²) >= 11 is 0. The van der Waals surface area contributed by atoms with Gasteiger partial charge < -0.3 is 14.7 Å². The van der Waals surface area contributed by atoms with Crippen molar-refractivity contribution in [3.63, 3.8) is 0 Å². The Labute approximate surface area is 98.7 Å². The number of nitrogens with zero attached hydrogens (tertiary/aromatic N) is 4. The van der Waals surface area contributed by atoms with Gasteiger partial charge in [-0.15, -0.1) is 0 Å². The second kappa shape index (κ2) is 7.09. The molecule has 0 saturated carbocycles. The molecule has 5 nitrogen and oxygen atoms in total. The van der Waals surface area contributed by atoms with Crippen molar-refractivity contribution >= 4 is 11.9 Å². The third kappa shape index (κ3) is 4.51. The summed E-state index contributed by atoms with van der Waals surface area (Å²) in [6.45, 7) is 5.65. The molecular formula is C11H24N4O. The molecule has 1 amide bonds. The minimum absolute atomic E-state index is 0.0752. The molecule has 0 atom stereocenters. The van der Waals surface area contributed by atoms with Crippen LogP contribution in [0.15, 0.2) is 4.99 Å². The number of rotatable bonds is 4. The van der Waals surface area contributed by atoms with Crippen molar-refractivity contribution in [2.45, 2.75) is 13.8 Å². The predicted molar refractivity (Wildman–Crippen MR) is 67.6 cm³/mol. The predicted octanol–water partition coefficient (Wildman–Crippen LogP) is 0.334. The molecular weight excluding hydrogens is 204 g/mol. The van der Waals surface area contributed by atoms with Crippen molar-refractivity contribution in [3.05, 3.63) is 0 Å². The molecule has 0 aromatic rings. The molecule has 0 heterocycles. The third-order valence-electron chi connectivity index (χ3n) is 2.27. The number of aliphatic imine (C=N–C) groups is 1. The smallest absolute Gasteiger partial charge is 0.244 e. The van der Waals surface area contributed by atoms with E-state index >= 15 is 0 Å². The Bertz CT molecular complexity index is 234. The van der Waals surface area contributed by atoms with E-state index in [1.54, 1.807) is 4.90 Å². The minimum Gasteiger partial charge on any atom is -0.349 e. The fourth-order valence-corrected chi connectivity index (χ4v) is 1.50. The number of carbonyl (C=O) groups excluding carboxylic acids is 1. The lowest BCUT2D eigenvalue weighted by molar-refractivity contribution is -0.129. The fraction of sp³-hybridized carbons (Fsp3) is 0.818. The van der Waals surface area contributed by atoms with Crippen LogP contribution in [0.4, 0.5) is 0 Å². The summed E-state index contributed by atoms with van der Waals surface area (Å²) in [7, 11) is 7.67. The van der Waals surface area contributed by atoms with Crippen LogP contribution in [0.25, 0.3) is 0 Å². The zero-order valence-corrected chi connectivity index (χ0v) is 11.3. The molecule has 0 spiro atoms. The van der Waals surface area contributed by atoms with Gasteiger partial charge in [-0.05, 0) is 13.8 Å². The molecule has 0 aliphatic carbocycles. The highest BCUT2D eigenvalue weighted by Crippen LogP contribution is 1.93. The molecule has 0 aliphatic rings. The van der Waals surface area contributed by atoms with E-state index < -0.39 is 0 Å². The number of likely N-dealkylation sites (N-methyl/N-ethyl adjacent to an activating group) is 1. The second-order valence-corrected chi connectivity index (χ2v) is 3.97. The molecule has 0 radical (unpaired) electrons. The topological polar surface area (TPSA) is 39.2 Å². The van der Waals surface area contributed by atoms with Crippen LogP contribution in [-0.2, 0) is 4.79 Å². The molecule has 0 aromatic heterocycles. The van der Waals surface area contributed by atoms with Crippen LogP contribution in [0.2, 0.25) is 0 Å². The van der Waals surface area contributed by atoms with Crippen LogP contribution in [0, 0.1) is 0 Å². The zero-order chi connectivity index (χ0) is 12.7. The average Bonchev–Trinajstić information content (AvgIpc) is 2.18. The lowest BCUT2D eigenvalue weighted by Gasteiger charge is -2.23. The molecule has 5 heteroatoms. The quantitative estimate of drug-likeness (QED) is 0.514. The molecule has 0 unspecified atom stereocenters. The molecule has 16 heavy (non-hydrogen) atoms. The highest BCUT2D eigenvalue weighted by Gasteiger charge is 2.10. The van der Waals surface area contributed by atoms with Crippen LogP contribution < -0.4 is 0 Å². The van der Waals surface area contributed by atoms with Crippen molar-refractivity contribution in [2.24, 2.45) is 4.99 Å². The van der Waals surface area contributed by atoms with Crippen LogP contribution in [0.3, 0.4) is 0 Å². The van der Waals surface area contributed by atoms with Gasteiger partial charge in [-0.3, -0.25) is 4.79 Å². The standard InChI is InChI=1S/C11H24N4O/c1-7-15(8-2)10(16)9-12-11(13(3)4)14(5)6/h7-9H2,1-6H3. The molecule has 0 aromatic carbocycles. The van der Waals surface area contributed by atoms with E-state index in [2.05, 4.69) is 4.99 Å². The molecule has 0 aliphatic heterocycles. The summed E-state index contributed by atoms with van der Waals surface area (Å²) in [5, 5.41) is 0.